The lowest BCUT2D eigenvalue weighted by Crippen LogP contribution is -2.50. The molecule has 116 valence electrons. The van der Waals surface area contributed by atoms with Crippen LogP contribution in [0.15, 0.2) is 11.0 Å². The van der Waals surface area contributed by atoms with E-state index in [1.807, 2.05) is 13.8 Å². The second-order valence-corrected chi connectivity index (χ2v) is 6.04. The number of H-pyrrole nitrogens is 1. The van der Waals surface area contributed by atoms with Gasteiger partial charge in [-0.1, -0.05) is 26.7 Å². The third-order valence-electron chi connectivity index (χ3n) is 3.97. The number of rotatable bonds is 5. The van der Waals surface area contributed by atoms with Crippen molar-refractivity contribution in [1.82, 2.24) is 15.3 Å². The van der Waals surface area contributed by atoms with Crippen molar-refractivity contribution in [2.75, 3.05) is 13.7 Å². The van der Waals surface area contributed by atoms with Crippen molar-refractivity contribution in [3.63, 3.8) is 0 Å². The van der Waals surface area contributed by atoms with E-state index in [-0.39, 0.29) is 22.9 Å². The maximum atomic E-state index is 12.4. The molecule has 0 aliphatic heterocycles. The molecule has 6 heteroatoms. The standard InChI is InChI=1S/C15H23N3O3/c1-10(2)12-16-8-11(13(19)17-12)14(20)18-15(9-21-3)6-4-5-7-15/h8,10H,4-7,9H2,1-3H3,(H,18,20)(H,16,17,19). The molecule has 1 aromatic rings. The van der Waals surface area contributed by atoms with Crippen LogP contribution in [-0.2, 0) is 4.74 Å². The van der Waals surface area contributed by atoms with Crippen LogP contribution in [0.1, 0.15) is 61.6 Å². The quantitative estimate of drug-likeness (QED) is 0.863. The minimum Gasteiger partial charge on any atom is -0.382 e. The molecule has 1 aromatic heterocycles. The van der Waals surface area contributed by atoms with Gasteiger partial charge < -0.3 is 15.0 Å². The zero-order valence-corrected chi connectivity index (χ0v) is 12.9. The van der Waals surface area contributed by atoms with Crippen LogP contribution in [-0.4, -0.2) is 35.1 Å². The number of aromatic nitrogens is 2. The summed E-state index contributed by atoms with van der Waals surface area (Å²) in [6.45, 7) is 4.34. The van der Waals surface area contributed by atoms with Crippen LogP contribution >= 0.6 is 0 Å². The van der Waals surface area contributed by atoms with E-state index in [0.717, 1.165) is 25.7 Å². The number of nitrogens with one attached hydrogen (secondary N) is 2. The minimum atomic E-state index is -0.392. The number of carbonyl (C=O) groups is 1. The van der Waals surface area contributed by atoms with Crippen molar-refractivity contribution in [3.05, 3.63) is 27.9 Å². The van der Waals surface area contributed by atoms with Gasteiger partial charge in [0.15, 0.2) is 0 Å². The number of hydrogen-bond donors (Lipinski definition) is 2. The summed E-state index contributed by atoms with van der Waals surface area (Å²) >= 11 is 0. The lowest BCUT2D eigenvalue weighted by molar-refractivity contribution is 0.0765. The molecule has 0 saturated heterocycles. The zero-order chi connectivity index (χ0) is 15.5. The Balaban J connectivity index is 2.18. The van der Waals surface area contributed by atoms with E-state index in [1.54, 1.807) is 7.11 Å². The van der Waals surface area contributed by atoms with Crippen LogP contribution in [0.4, 0.5) is 0 Å². The molecular formula is C15H23N3O3. The summed E-state index contributed by atoms with van der Waals surface area (Å²) in [5.41, 5.74) is -0.687. The molecule has 0 radical (unpaired) electrons. The monoisotopic (exact) mass is 293 g/mol. The van der Waals surface area contributed by atoms with E-state index >= 15 is 0 Å². The third kappa shape index (κ3) is 3.50. The molecule has 21 heavy (non-hydrogen) atoms. The predicted molar refractivity (Wildman–Crippen MR) is 79.5 cm³/mol. The topological polar surface area (TPSA) is 84.1 Å². The molecule has 2 rings (SSSR count). The second-order valence-electron chi connectivity index (χ2n) is 6.04. The molecule has 0 spiro atoms. The smallest absolute Gasteiger partial charge is 0.263 e. The summed E-state index contributed by atoms with van der Waals surface area (Å²) in [6.07, 6.45) is 5.23. The highest BCUT2D eigenvalue weighted by Crippen LogP contribution is 2.30. The summed E-state index contributed by atoms with van der Waals surface area (Å²) in [7, 11) is 1.62. The van der Waals surface area contributed by atoms with E-state index in [4.69, 9.17) is 4.74 Å². The van der Waals surface area contributed by atoms with E-state index in [2.05, 4.69) is 15.3 Å². The molecular weight excluding hydrogens is 270 g/mol. The van der Waals surface area contributed by atoms with Gasteiger partial charge in [0.25, 0.3) is 11.5 Å². The van der Waals surface area contributed by atoms with Crippen LogP contribution in [0.3, 0.4) is 0 Å². The normalized spacial score (nSPS) is 17.1. The van der Waals surface area contributed by atoms with Gasteiger partial charge in [0, 0.05) is 19.2 Å². The maximum Gasteiger partial charge on any atom is 0.263 e. The Kier molecular flexibility index (Phi) is 4.77. The Morgan fingerprint density at radius 1 is 1.48 bits per heavy atom. The van der Waals surface area contributed by atoms with Crippen molar-refractivity contribution in [1.29, 1.82) is 0 Å². The largest absolute Gasteiger partial charge is 0.382 e. The Bertz CT molecular complexity index is 560. The molecule has 1 amide bonds. The van der Waals surface area contributed by atoms with Gasteiger partial charge in [0.2, 0.25) is 0 Å². The van der Waals surface area contributed by atoms with E-state index in [0.29, 0.717) is 12.4 Å². The SMILES string of the molecule is COCC1(NC(=O)c2cnc(C(C)C)[nH]c2=O)CCCC1. The average Bonchev–Trinajstić information content (AvgIpc) is 2.87. The number of methoxy groups -OCH3 is 1. The molecule has 0 aromatic carbocycles. The lowest BCUT2D eigenvalue weighted by atomic mass is 9.98. The van der Waals surface area contributed by atoms with Crippen LogP contribution in [0.25, 0.3) is 0 Å². The first-order chi connectivity index (χ1) is 9.97. The summed E-state index contributed by atoms with van der Waals surface area (Å²) < 4.78 is 5.23. The van der Waals surface area contributed by atoms with Gasteiger partial charge in [0.05, 0.1) is 12.1 Å². The van der Waals surface area contributed by atoms with Crippen molar-refractivity contribution in [2.45, 2.75) is 51.0 Å². The van der Waals surface area contributed by atoms with Crippen molar-refractivity contribution < 1.29 is 9.53 Å². The van der Waals surface area contributed by atoms with Crippen LogP contribution < -0.4 is 10.9 Å². The number of carbonyl (C=O) groups excluding carboxylic acids is 1. The maximum absolute atomic E-state index is 12.4. The first kappa shape index (κ1) is 15.7. The fourth-order valence-electron chi connectivity index (χ4n) is 2.81. The summed E-state index contributed by atoms with van der Waals surface area (Å²) in [5, 5.41) is 2.98. The van der Waals surface area contributed by atoms with Gasteiger partial charge in [-0.25, -0.2) is 4.98 Å². The van der Waals surface area contributed by atoms with E-state index < -0.39 is 5.56 Å². The highest BCUT2D eigenvalue weighted by molar-refractivity contribution is 5.94. The molecule has 0 bridgehead atoms. The summed E-state index contributed by atoms with van der Waals surface area (Å²) in [4.78, 5) is 31.2. The molecule has 2 N–H and O–H groups in total. The first-order valence-corrected chi connectivity index (χ1v) is 7.38. The number of hydrogen-bond acceptors (Lipinski definition) is 4. The molecule has 1 fully saturated rings. The number of nitrogens with zero attached hydrogens (tertiary/aromatic N) is 1. The fourth-order valence-corrected chi connectivity index (χ4v) is 2.81. The molecule has 6 nitrogen and oxygen atoms in total. The molecule has 1 saturated carbocycles. The lowest BCUT2D eigenvalue weighted by Gasteiger charge is -2.29. The first-order valence-electron chi connectivity index (χ1n) is 7.38. The molecule has 1 aliphatic carbocycles. The Labute approximate surface area is 124 Å². The second kappa shape index (κ2) is 6.39. The van der Waals surface area contributed by atoms with Gasteiger partial charge in [0.1, 0.15) is 11.4 Å². The Morgan fingerprint density at radius 2 is 2.14 bits per heavy atom. The summed E-state index contributed by atoms with van der Waals surface area (Å²) in [5.74, 6) is 0.325. The highest BCUT2D eigenvalue weighted by Gasteiger charge is 2.36. The fraction of sp³-hybridized carbons (Fsp3) is 0.667. The number of aromatic amines is 1. The van der Waals surface area contributed by atoms with Crippen LogP contribution in [0.2, 0.25) is 0 Å². The van der Waals surface area contributed by atoms with Crippen LogP contribution in [0, 0.1) is 0 Å². The van der Waals surface area contributed by atoms with Gasteiger partial charge in [-0.3, -0.25) is 9.59 Å². The van der Waals surface area contributed by atoms with Gasteiger partial charge >= 0.3 is 0 Å². The Hall–Kier alpha value is -1.69. The molecule has 0 unspecified atom stereocenters. The predicted octanol–water partition coefficient (Wildman–Crippen LogP) is 1.58. The number of amides is 1. The Morgan fingerprint density at radius 3 is 2.67 bits per heavy atom. The highest BCUT2D eigenvalue weighted by atomic mass is 16.5. The van der Waals surface area contributed by atoms with Gasteiger partial charge in [-0.15, -0.1) is 0 Å². The van der Waals surface area contributed by atoms with Gasteiger partial charge in [-0.2, -0.15) is 0 Å². The zero-order valence-electron chi connectivity index (χ0n) is 12.9. The van der Waals surface area contributed by atoms with Crippen molar-refractivity contribution in [2.24, 2.45) is 0 Å². The summed E-state index contributed by atoms with van der Waals surface area (Å²) in [6, 6.07) is 0. The molecule has 1 heterocycles. The minimum absolute atomic E-state index is 0.0572. The molecule has 0 atom stereocenters. The average molecular weight is 293 g/mol. The van der Waals surface area contributed by atoms with Crippen molar-refractivity contribution in [3.8, 4) is 0 Å². The van der Waals surface area contributed by atoms with Gasteiger partial charge in [-0.05, 0) is 12.8 Å². The molecule has 1 aliphatic rings. The van der Waals surface area contributed by atoms with E-state index in [1.165, 1.54) is 6.20 Å². The van der Waals surface area contributed by atoms with Crippen LogP contribution in [0.5, 0.6) is 0 Å². The third-order valence-corrected chi connectivity index (χ3v) is 3.97. The number of ether oxygens (including phenoxy) is 1. The van der Waals surface area contributed by atoms with Crippen molar-refractivity contribution >= 4 is 5.91 Å². The van der Waals surface area contributed by atoms with E-state index in [9.17, 15) is 9.59 Å².